The van der Waals surface area contributed by atoms with Crippen LogP contribution in [0.1, 0.15) is 23.2 Å². The summed E-state index contributed by atoms with van der Waals surface area (Å²) >= 11 is 1.67. The molecule has 0 saturated carbocycles. The molecule has 0 N–H and O–H groups in total. The molecule has 6 nitrogen and oxygen atoms in total. The molecule has 0 radical (unpaired) electrons. The van der Waals surface area contributed by atoms with Gasteiger partial charge in [0.2, 0.25) is 11.8 Å². The highest BCUT2D eigenvalue weighted by atomic mass is 32.2. The van der Waals surface area contributed by atoms with Crippen molar-refractivity contribution in [1.29, 1.82) is 0 Å². The standard InChI is InChI=1S/C20H20N2O4S/c1-14(25-17-6-4-3-5-7-17)12-27-13-18-21-22-19(26-18)15-8-10-16(11-9-15)20(23)24-2/h3-11,14H,12-13H2,1-2H3. The number of nitrogens with zero attached hydrogens (tertiary/aromatic N) is 2. The van der Waals surface area contributed by atoms with Gasteiger partial charge in [-0.1, -0.05) is 18.2 Å². The first-order valence-electron chi connectivity index (χ1n) is 8.46. The van der Waals surface area contributed by atoms with Crippen LogP contribution < -0.4 is 4.74 Å². The molecule has 2 aromatic carbocycles. The zero-order chi connectivity index (χ0) is 19.1. The van der Waals surface area contributed by atoms with Crippen molar-refractivity contribution >= 4 is 17.7 Å². The van der Waals surface area contributed by atoms with Crippen molar-refractivity contribution < 1.29 is 18.7 Å². The quantitative estimate of drug-likeness (QED) is 0.538. The number of carbonyl (C=O) groups excluding carboxylic acids is 1. The third kappa shape index (κ3) is 5.34. The molecule has 140 valence electrons. The largest absolute Gasteiger partial charge is 0.490 e. The first-order valence-corrected chi connectivity index (χ1v) is 9.62. The van der Waals surface area contributed by atoms with Crippen LogP contribution in [0.4, 0.5) is 0 Å². The SMILES string of the molecule is COC(=O)c1ccc(-c2nnc(CSCC(C)Oc3ccccc3)o2)cc1. The average molecular weight is 384 g/mol. The molecule has 1 aromatic heterocycles. The molecule has 0 amide bonds. The fraction of sp³-hybridized carbons (Fsp3) is 0.250. The van der Waals surface area contributed by atoms with Crippen molar-refractivity contribution in [3.05, 3.63) is 66.1 Å². The summed E-state index contributed by atoms with van der Waals surface area (Å²) in [5.41, 5.74) is 1.23. The number of para-hydroxylation sites is 1. The molecule has 0 aliphatic rings. The number of esters is 1. The molecule has 3 aromatic rings. The molecule has 0 fully saturated rings. The maximum atomic E-state index is 11.5. The highest BCUT2D eigenvalue weighted by molar-refractivity contribution is 7.98. The number of hydrogen-bond donors (Lipinski definition) is 0. The van der Waals surface area contributed by atoms with Gasteiger partial charge in [-0.25, -0.2) is 4.79 Å². The summed E-state index contributed by atoms with van der Waals surface area (Å²) in [6, 6.07) is 16.6. The number of ether oxygens (including phenoxy) is 2. The molecule has 0 aliphatic carbocycles. The molecule has 0 saturated heterocycles. The normalized spacial score (nSPS) is 11.8. The van der Waals surface area contributed by atoms with Gasteiger partial charge >= 0.3 is 5.97 Å². The number of hydrogen-bond acceptors (Lipinski definition) is 7. The zero-order valence-electron chi connectivity index (χ0n) is 15.1. The summed E-state index contributed by atoms with van der Waals surface area (Å²) in [6.07, 6.45) is 0.0747. The van der Waals surface area contributed by atoms with Crippen LogP contribution in [0.3, 0.4) is 0 Å². The van der Waals surface area contributed by atoms with E-state index in [4.69, 9.17) is 9.15 Å². The van der Waals surface area contributed by atoms with E-state index in [0.29, 0.717) is 23.1 Å². The van der Waals surface area contributed by atoms with Crippen LogP contribution in [-0.2, 0) is 10.5 Å². The Morgan fingerprint density at radius 3 is 2.56 bits per heavy atom. The van der Waals surface area contributed by atoms with Crippen LogP contribution in [0, 0.1) is 0 Å². The van der Waals surface area contributed by atoms with Crippen LogP contribution in [0.5, 0.6) is 5.75 Å². The molecule has 0 aliphatic heterocycles. The maximum Gasteiger partial charge on any atom is 0.337 e. The molecule has 1 heterocycles. The Morgan fingerprint density at radius 1 is 1.11 bits per heavy atom. The van der Waals surface area contributed by atoms with Gasteiger partial charge in [-0.2, -0.15) is 0 Å². The second-order valence-corrected chi connectivity index (χ2v) is 6.86. The van der Waals surface area contributed by atoms with Gasteiger partial charge in [0, 0.05) is 11.3 Å². The molecular formula is C20H20N2O4S. The van der Waals surface area contributed by atoms with Crippen LogP contribution >= 0.6 is 11.8 Å². The Labute approximate surface area is 161 Å². The average Bonchev–Trinajstić information content (AvgIpc) is 3.17. The molecule has 0 bridgehead atoms. The second-order valence-electron chi connectivity index (χ2n) is 5.83. The van der Waals surface area contributed by atoms with Crippen molar-refractivity contribution in [2.45, 2.75) is 18.8 Å². The lowest BCUT2D eigenvalue weighted by Crippen LogP contribution is -2.14. The van der Waals surface area contributed by atoms with Crippen LogP contribution in [0.15, 0.2) is 59.0 Å². The summed E-state index contributed by atoms with van der Waals surface area (Å²) in [4.78, 5) is 11.5. The monoisotopic (exact) mass is 384 g/mol. The van der Waals surface area contributed by atoms with Gasteiger partial charge in [-0.3, -0.25) is 0 Å². The van der Waals surface area contributed by atoms with E-state index in [1.807, 2.05) is 37.3 Å². The van der Waals surface area contributed by atoms with Gasteiger partial charge in [-0.15, -0.1) is 22.0 Å². The zero-order valence-corrected chi connectivity index (χ0v) is 15.9. The van der Waals surface area contributed by atoms with Gasteiger partial charge in [0.25, 0.3) is 0 Å². The van der Waals surface area contributed by atoms with E-state index < -0.39 is 0 Å². The Kier molecular flexibility index (Phi) is 6.49. The van der Waals surface area contributed by atoms with Crippen molar-refractivity contribution in [2.24, 2.45) is 0 Å². The van der Waals surface area contributed by atoms with Crippen molar-refractivity contribution in [3.8, 4) is 17.2 Å². The Hall–Kier alpha value is -2.80. The number of aromatic nitrogens is 2. The predicted molar refractivity (Wildman–Crippen MR) is 104 cm³/mol. The molecule has 1 unspecified atom stereocenters. The number of methoxy groups -OCH3 is 1. The van der Waals surface area contributed by atoms with Gasteiger partial charge in [0.15, 0.2) is 0 Å². The highest BCUT2D eigenvalue weighted by Crippen LogP contribution is 2.21. The molecule has 27 heavy (non-hydrogen) atoms. The molecular weight excluding hydrogens is 364 g/mol. The summed E-state index contributed by atoms with van der Waals surface area (Å²) in [5, 5.41) is 8.15. The lowest BCUT2D eigenvalue weighted by molar-refractivity contribution is 0.0600. The summed E-state index contributed by atoms with van der Waals surface area (Å²) < 4.78 is 16.2. The summed E-state index contributed by atoms with van der Waals surface area (Å²) in [6.45, 7) is 2.03. The van der Waals surface area contributed by atoms with Gasteiger partial charge in [0.1, 0.15) is 11.9 Å². The number of carbonyl (C=O) groups is 1. The second kappa shape index (κ2) is 9.23. The highest BCUT2D eigenvalue weighted by Gasteiger charge is 2.12. The Bertz CT molecular complexity index is 865. The van der Waals surface area contributed by atoms with Gasteiger partial charge in [-0.05, 0) is 43.3 Å². The first kappa shape index (κ1) is 19.0. The van der Waals surface area contributed by atoms with E-state index >= 15 is 0 Å². The van der Waals surface area contributed by atoms with E-state index in [1.165, 1.54) is 7.11 Å². The Morgan fingerprint density at radius 2 is 1.85 bits per heavy atom. The van der Waals surface area contributed by atoms with Crippen molar-refractivity contribution in [1.82, 2.24) is 10.2 Å². The molecule has 1 atom stereocenters. The number of thioether (sulfide) groups is 1. The lowest BCUT2D eigenvalue weighted by atomic mass is 10.1. The summed E-state index contributed by atoms with van der Waals surface area (Å²) in [5.74, 6) is 2.88. The minimum atomic E-state index is -0.379. The molecule has 3 rings (SSSR count). The fourth-order valence-corrected chi connectivity index (χ4v) is 3.18. The van der Waals surface area contributed by atoms with Crippen LogP contribution in [-0.4, -0.2) is 35.1 Å². The predicted octanol–water partition coefficient (Wildman–Crippen LogP) is 4.22. The first-order chi connectivity index (χ1) is 13.2. The molecule has 0 spiro atoms. The number of benzene rings is 2. The smallest absolute Gasteiger partial charge is 0.337 e. The van der Waals surface area contributed by atoms with Crippen LogP contribution in [0.2, 0.25) is 0 Å². The minimum absolute atomic E-state index is 0.0747. The van der Waals surface area contributed by atoms with E-state index in [2.05, 4.69) is 14.9 Å². The van der Waals surface area contributed by atoms with E-state index in [1.54, 1.807) is 36.0 Å². The third-order valence-corrected chi connectivity index (χ3v) is 4.83. The van der Waals surface area contributed by atoms with Gasteiger partial charge < -0.3 is 13.9 Å². The fourth-order valence-electron chi connectivity index (χ4n) is 2.37. The Balaban J connectivity index is 1.50. The van der Waals surface area contributed by atoms with Crippen molar-refractivity contribution in [3.63, 3.8) is 0 Å². The van der Waals surface area contributed by atoms with E-state index in [-0.39, 0.29) is 12.1 Å². The minimum Gasteiger partial charge on any atom is -0.490 e. The third-order valence-electron chi connectivity index (χ3n) is 3.68. The van der Waals surface area contributed by atoms with E-state index in [0.717, 1.165) is 17.1 Å². The molecule has 7 heteroatoms. The lowest BCUT2D eigenvalue weighted by Gasteiger charge is -2.13. The maximum absolute atomic E-state index is 11.5. The number of rotatable bonds is 8. The van der Waals surface area contributed by atoms with Crippen molar-refractivity contribution in [2.75, 3.05) is 12.9 Å². The summed E-state index contributed by atoms with van der Waals surface area (Å²) in [7, 11) is 1.35. The van der Waals surface area contributed by atoms with Crippen LogP contribution in [0.25, 0.3) is 11.5 Å². The topological polar surface area (TPSA) is 74.5 Å². The van der Waals surface area contributed by atoms with Gasteiger partial charge in [0.05, 0.1) is 18.4 Å². The van der Waals surface area contributed by atoms with E-state index in [9.17, 15) is 4.79 Å².